The second kappa shape index (κ2) is 2.48. The lowest BCUT2D eigenvalue weighted by Crippen LogP contribution is -2.44. The molecule has 2 heterocycles. The first kappa shape index (κ1) is 8.23. The van der Waals surface area contributed by atoms with Gasteiger partial charge in [-0.2, -0.15) is 0 Å². The minimum Gasteiger partial charge on any atom is -0.331 e. The number of carbonyl (C=O) groups is 2. The number of nitrogens with one attached hydrogen (secondary N) is 2. The van der Waals surface area contributed by atoms with Gasteiger partial charge in [-0.25, -0.2) is 0 Å². The SMILES string of the molecule is O=C1C=CC2(N1)C(=O)Nc1ccccc12. The second-order valence-electron chi connectivity index (χ2n) is 3.63. The third-order valence-corrected chi connectivity index (χ3v) is 2.76. The van der Waals surface area contributed by atoms with E-state index in [1.165, 1.54) is 6.08 Å². The Morgan fingerprint density at radius 1 is 1.13 bits per heavy atom. The van der Waals surface area contributed by atoms with Gasteiger partial charge in [-0.15, -0.1) is 0 Å². The number of rotatable bonds is 0. The van der Waals surface area contributed by atoms with Crippen molar-refractivity contribution in [2.45, 2.75) is 5.54 Å². The first-order valence-corrected chi connectivity index (χ1v) is 4.65. The lowest BCUT2D eigenvalue weighted by Gasteiger charge is -2.19. The minimum atomic E-state index is -0.978. The van der Waals surface area contributed by atoms with Crippen LogP contribution in [0.1, 0.15) is 5.56 Å². The van der Waals surface area contributed by atoms with Gasteiger partial charge in [-0.3, -0.25) is 9.59 Å². The quantitative estimate of drug-likeness (QED) is 0.641. The van der Waals surface area contributed by atoms with Crippen LogP contribution in [0.3, 0.4) is 0 Å². The van der Waals surface area contributed by atoms with E-state index in [9.17, 15) is 9.59 Å². The van der Waals surface area contributed by atoms with Crippen LogP contribution in [0.4, 0.5) is 5.69 Å². The molecule has 0 saturated heterocycles. The smallest absolute Gasteiger partial charge is 0.259 e. The van der Waals surface area contributed by atoms with E-state index in [1.807, 2.05) is 24.3 Å². The van der Waals surface area contributed by atoms with Crippen molar-refractivity contribution in [2.75, 3.05) is 5.32 Å². The molecule has 1 atom stereocenters. The normalized spacial score (nSPS) is 26.7. The fourth-order valence-electron chi connectivity index (χ4n) is 2.05. The summed E-state index contributed by atoms with van der Waals surface area (Å²) in [6.07, 6.45) is 3.00. The average Bonchev–Trinajstić information content (AvgIpc) is 2.73. The van der Waals surface area contributed by atoms with Crippen LogP contribution < -0.4 is 10.6 Å². The van der Waals surface area contributed by atoms with Crippen LogP contribution in [-0.2, 0) is 15.1 Å². The summed E-state index contributed by atoms with van der Waals surface area (Å²) in [7, 11) is 0. The number of hydrogen-bond donors (Lipinski definition) is 2. The fraction of sp³-hybridized carbons (Fsp3) is 0.0909. The van der Waals surface area contributed by atoms with E-state index in [4.69, 9.17) is 0 Å². The molecule has 1 spiro atoms. The zero-order valence-corrected chi connectivity index (χ0v) is 7.78. The Hall–Kier alpha value is -2.10. The molecule has 2 aliphatic rings. The molecule has 0 aromatic heterocycles. The summed E-state index contributed by atoms with van der Waals surface area (Å²) < 4.78 is 0. The van der Waals surface area contributed by atoms with Crippen molar-refractivity contribution >= 4 is 17.5 Å². The third-order valence-electron chi connectivity index (χ3n) is 2.76. The van der Waals surface area contributed by atoms with E-state index in [2.05, 4.69) is 10.6 Å². The largest absolute Gasteiger partial charge is 0.331 e. The number of hydrogen-bond acceptors (Lipinski definition) is 2. The molecule has 0 aliphatic carbocycles. The molecule has 0 bridgehead atoms. The van der Waals surface area contributed by atoms with Crippen LogP contribution in [0.25, 0.3) is 0 Å². The Morgan fingerprint density at radius 2 is 1.93 bits per heavy atom. The second-order valence-corrected chi connectivity index (χ2v) is 3.63. The van der Waals surface area contributed by atoms with Crippen molar-refractivity contribution in [3.05, 3.63) is 42.0 Å². The number of benzene rings is 1. The van der Waals surface area contributed by atoms with E-state index < -0.39 is 5.54 Å². The maximum absolute atomic E-state index is 11.8. The van der Waals surface area contributed by atoms with Crippen molar-refractivity contribution in [3.8, 4) is 0 Å². The molecule has 0 saturated carbocycles. The Labute approximate surface area is 86.0 Å². The van der Waals surface area contributed by atoms with Crippen LogP contribution in [0.5, 0.6) is 0 Å². The molecule has 2 N–H and O–H groups in total. The molecule has 4 heteroatoms. The predicted molar refractivity (Wildman–Crippen MR) is 54.0 cm³/mol. The number of amides is 2. The molecular weight excluding hydrogens is 192 g/mol. The van der Waals surface area contributed by atoms with Gasteiger partial charge in [-0.05, 0) is 12.1 Å². The average molecular weight is 200 g/mol. The standard InChI is InChI=1S/C11H8N2O2/c14-9-5-6-11(13-9)7-3-1-2-4-8(7)12-10(11)15/h1-6H,(H,12,15)(H,13,14). The summed E-state index contributed by atoms with van der Waals surface area (Å²) in [6.45, 7) is 0. The van der Waals surface area contributed by atoms with Crippen LogP contribution in [-0.4, -0.2) is 11.8 Å². The molecule has 15 heavy (non-hydrogen) atoms. The Kier molecular flexibility index (Phi) is 1.36. The van der Waals surface area contributed by atoms with Gasteiger partial charge in [0, 0.05) is 17.3 Å². The molecule has 1 aromatic rings. The van der Waals surface area contributed by atoms with E-state index in [-0.39, 0.29) is 11.8 Å². The summed E-state index contributed by atoms with van der Waals surface area (Å²) in [5.74, 6) is -0.437. The number of carbonyl (C=O) groups excluding carboxylic acids is 2. The Morgan fingerprint density at radius 3 is 2.67 bits per heavy atom. The third kappa shape index (κ3) is 0.905. The lowest BCUT2D eigenvalue weighted by molar-refractivity contribution is -0.124. The highest BCUT2D eigenvalue weighted by Crippen LogP contribution is 2.38. The van der Waals surface area contributed by atoms with Crippen LogP contribution >= 0.6 is 0 Å². The van der Waals surface area contributed by atoms with Crippen molar-refractivity contribution in [1.82, 2.24) is 5.32 Å². The highest BCUT2D eigenvalue weighted by Gasteiger charge is 2.48. The van der Waals surface area contributed by atoms with Crippen molar-refractivity contribution in [2.24, 2.45) is 0 Å². The molecule has 1 aromatic carbocycles. The molecule has 1 unspecified atom stereocenters. The van der Waals surface area contributed by atoms with Crippen LogP contribution in [0.2, 0.25) is 0 Å². The van der Waals surface area contributed by atoms with Gasteiger partial charge in [-0.1, -0.05) is 18.2 Å². The highest BCUT2D eigenvalue weighted by atomic mass is 16.2. The Balaban J connectivity index is 2.22. The predicted octanol–water partition coefficient (Wildman–Crippen LogP) is 0.520. The first-order valence-electron chi connectivity index (χ1n) is 4.65. The molecule has 4 nitrogen and oxygen atoms in total. The summed E-state index contributed by atoms with van der Waals surface area (Å²) in [4.78, 5) is 23.0. The lowest BCUT2D eigenvalue weighted by atomic mass is 9.93. The maximum atomic E-state index is 11.8. The van der Waals surface area contributed by atoms with Crippen LogP contribution in [0, 0.1) is 0 Å². The minimum absolute atomic E-state index is 0.203. The zero-order chi connectivity index (χ0) is 10.5. The topological polar surface area (TPSA) is 58.2 Å². The van der Waals surface area contributed by atoms with Gasteiger partial charge in [0.15, 0.2) is 5.54 Å². The van der Waals surface area contributed by atoms with E-state index >= 15 is 0 Å². The van der Waals surface area contributed by atoms with Gasteiger partial charge >= 0.3 is 0 Å². The van der Waals surface area contributed by atoms with Crippen molar-refractivity contribution in [3.63, 3.8) is 0 Å². The molecular formula is C11H8N2O2. The van der Waals surface area contributed by atoms with Crippen LogP contribution in [0.15, 0.2) is 36.4 Å². The maximum Gasteiger partial charge on any atom is 0.259 e. The van der Waals surface area contributed by atoms with Crippen molar-refractivity contribution in [1.29, 1.82) is 0 Å². The summed E-state index contributed by atoms with van der Waals surface area (Å²) in [6, 6.07) is 7.35. The summed E-state index contributed by atoms with van der Waals surface area (Å²) in [5, 5.41) is 5.42. The van der Waals surface area contributed by atoms with E-state index in [0.717, 1.165) is 11.3 Å². The Bertz CT molecular complexity index is 507. The summed E-state index contributed by atoms with van der Waals surface area (Å²) in [5.41, 5.74) is 0.583. The molecule has 0 radical (unpaired) electrons. The molecule has 74 valence electrons. The van der Waals surface area contributed by atoms with Gasteiger partial charge in [0.1, 0.15) is 0 Å². The van der Waals surface area contributed by atoms with Crippen molar-refractivity contribution < 1.29 is 9.59 Å². The monoisotopic (exact) mass is 200 g/mol. The highest BCUT2D eigenvalue weighted by molar-refractivity contribution is 6.12. The van der Waals surface area contributed by atoms with Gasteiger partial charge in [0.25, 0.3) is 5.91 Å². The fourth-order valence-corrected chi connectivity index (χ4v) is 2.05. The van der Waals surface area contributed by atoms with E-state index in [0.29, 0.717) is 0 Å². The van der Waals surface area contributed by atoms with Gasteiger partial charge in [0.05, 0.1) is 0 Å². The van der Waals surface area contributed by atoms with E-state index in [1.54, 1.807) is 6.08 Å². The summed E-state index contributed by atoms with van der Waals surface area (Å²) >= 11 is 0. The molecule has 3 rings (SSSR count). The van der Waals surface area contributed by atoms with Gasteiger partial charge < -0.3 is 10.6 Å². The first-order chi connectivity index (χ1) is 7.22. The number of fused-ring (bicyclic) bond motifs is 2. The zero-order valence-electron chi connectivity index (χ0n) is 7.78. The number of anilines is 1. The molecule has 2 aliphatic heterocycles. The molecule has 0 fully saturated rings. The molecule has 2 amide bonds. The van der Waals surface area contributed by atoms with Gasteiger partial charge in [0.2, 0.25) is 5.91 Å². The number of para-hydroxylation sites is 1.